The summed E-state index contributed by atoms with van der Waals surface area (Å²) in [6.45, 7) is 14.3. The van der Waals surface area contributed by atoms with E-state index in [0.717, 1.165) is 31.8 Å². The third kappa shape index (κ3) is 4.87. The summed E-state index contributed by atoms with van der Waals surface area (Å²) in [6.07, 6.45) is 3.46. The van der Waals surface area contributed by atoms with E-state index in [9.17, 15) is 4.79 Å². The molecule has 0 heterocycles. The van der Waals surface area contributed by atoms with Gasteiger partial charge >= 0.3 is 0 Å². The zero-order valence-electron chi connectivity index (χ0n) is 17.2. The van der Waals surface area contributed by atoms with Gasteiger partial charge in [0.05, 0.1) is 11.5 Å². The first-order chi connectivity index (χ1) is 11.8. The maximum atomic E-state index is 12.1. The van der Waals surface area contributed by atoms with E-state index in [1.54, 1.807) is 7.05 Å². The maximum absolute atomic E-state index is 12.1. The van der Waals surface area contributed by atoms with Gasteiger partial charge in [0.1, 0.15) is 0 Å². The molecule has 2 unspecified atom stereocenters. The summed E-state index contributed by atoms with van der Waals surface area (Å²) in [7, 11) is 1.77. The lowest BCUT2D eigenvalue weighted by Crippen LogP contribution is -2.66. The number of hydrogen-bond donors (Lipinski definition) is 3. The van der Waals surface area contributed by atoms with Gasteiger partial charge in [0.15, 0.2) is 5.96 Å². The lowest BCUT2D eigenvalue weighted by Gasteiger charge is -2.55. The predicted molar refractivity (Wildman–Crippen MR) is 104 cm³/mol. The Balaban J connectivity index is 2.66. The van der Waals surface area contributed by atoms with Crippen LogP contribution in [0.2, 0.25) is 0 Å². The Morgan fingerprint density at radius 1 is 1.20 bits per heavy atom. The minimum atomic E-state index is -0.492. The van der Waals surface area contributed by atoms with Crippen molar-refractivity contribution in [3.63, 3.8) is 0 Å². The first kappa shape index (κ1) is 21.7. The monoisotopic (exact) mass is 354 g/mol. The number of nitrogens with one attached hydrogen (secondary N) is 3. The van der Waals surface area contributed by atoms with Crippen LogP contribution in [0.5, 0.6) is 0 Å². The zero-order valence-corrected chi connectivity index (χ0v) is 17.2. The largest absolute Gasteiger partial charge is 0.378 e. The standard InChI is InChI=1S/C19H38N4O2/c1-8-19(9-2)14(12-15(19)25-11-4)23-17(20-7)22-13-18(5,6)16(24)21-10-3/h14-15H,8-13H2,1-7H3,(H,21,24)(H2,20,22,23). The van der Waals surface area contributed by atoms with Crippen molar-refractivity contribution in [1.82, 2.24) is 16.0 Å². The number of rotatable bonds is 9. The molecule has 146 valence electrons. The van der Waals surface area contributed by atoms with Crippen LogP contribution in [0.3, 0.4) is 0 Å². The van der Waals surface area contributed by atoms with Gasteiger partial charge in [0.25, 0.3) is 0 Å². The highest BCUT2D eigenvalue weighted by molar-refractivity contribution is 5.84. The van der Waals surface area contributed by atoms with Gasteiger partial charge in [-0.1, -0.05) is 13.8 Å². The summed E-state index contributed by atoms with van der Waals surface area (Å²) in [4.78, 5) is 16.5. The predicted octanol–water partition coefficient (Wildman–Crippen LogP) is 2.30. The first-order valence-electron chi connectivity index (χ1n) is 9.68. The number of aliphatic imine (C=N–C) groups is 1. The number of carbonyl (C=O) groups is 1. The maximum Gasteiger partial charge on any atom is 0.227 e. The molecular formula is C19H38N4O2. The summed E-state index contributed by atoms with van der Waals surface area (Å²) >= 11 is 0. The molecule has 1 aliphatic rings. The van der Waals surface area contributed by atoms with E-state index in [1.165, 1.54) is 0 Å². The summed E-state index contributed by atoms with van der Waals surface area (Å²) in [6, 6.07) is 0.345. The molecule has 1 saturated carbocycles. The van der Waals surface area contributed by atoms with Crippen molar-refractivity contribution in [2.75, 3.05) is 26.7 Å². The van der Waals surface area contributed by atoms with Crippen LogP contribution in [0, 0.1) is 10.8 Å². The van der Waals surface area contributed by atoms with Crippen molar-refractivity contribution < 1.29 is 9.53 Å². The normalized spacial score (nSPS) is 22.9. The van der Waals surface area contributed by atoms with E-state index in [-0.39, 0.29) is 11.3 Å². The highest BCUT2D eigenvalue weighted by Crippen LogP contribution is 2.48. The molecule has 1 amide bonds. The minimum Gasteiger partial charge on any atom is -0.378 e. The molecule has 0 spiro atoms. The lowest BCUT2D eigenvalue weighted by atomic mass is 9.58. The zero-order chi connectivity index (χ0) is 19.1. The molecule has 3 N–H and O–H groups in total. The highest BCUT2D eigenvalue weighted by atomic mass is 16.5. The third-order valence-electron chi connectivity index (χ3n) is 5.65. The molecule has 0 aliphatic heterocycles. The summed E-state index contributed by atoms with van der Waals surface area (Å²) < 4.78 is 5.94. The summed E-state index contributed by atoms with van der Waals surface area (Å²) in [5.41, 5.74) is -0.337. The Morgan fingerprint density at radius 3 is 2.32 bits per heavy atom. The Morgan fingerprint density at radius 2 is 1.84 bits per heavy atom. The molecule has 0 aromatic heterocycles. The Kier molecular flexibility index (Phi) is 8.19. The fraction of sp³-hybridized carbons (Fsp3) is 0.895. The Hall–Kier alpha value is -1.30. The number of carbonyl (C=O) groups excluding carboxylic acids is 1. The second-order valence-electron chi connectivity index (χ2n) is 7.49. The van der Waals surface area contributed by atoms with E-state index in [2.05, 4.69) is 41.7 Å². The van der Waals surface area contributed by atoms with Crippen molar-refractivity contribution in [2.45, 2.75) is 73.0 Å². The van der Waals surface area contributed by atoms with Crippen LogP contribution in [0.15, 0.2) is 4.99 Å². The van der Waals surface area contributed by atoms with Gasteiger partial charge in [-0.2, -0.15) is 0 Å². The Bertz CT molecular complexity index is 458. The van der Waals surface area contributed by atoms with Gasteiger partial charge < -0.3 is 20.7 Å². The number of hydrogen-bond acceptors (Lipinski definition) is 3. The molecule has 0 bridgehead atoms. The van der Waals surface area contributed by atoms with Crippen LogP contribution >= 0.6 is 0 Å². The fourth-order valence-corrected chi connectivity index (χ4v) is 3.73. The summed E-state index contributed by atoms with van der Waals surface area (Å²) in [5.74, 6) is 0.804. The van der Waals surface area contributed by atoms with E-state index in [4.69, 9.17) is 4.74 Å². The molecular weight excluding hydrogens is 316 g/mol. The molecule has 1 fully saturated rings. The molecule has 6 nitrogen and oxygen atoms in total. The second-order valence-corrected chi connectivity index (χ2v) is 7.49. The highest BCUT2D eigenvalue weighted by Gasteiger charge is 2.53. The van der Waals surface area contributed by atoms with E-state index in [0.29, 0.717) is 25.2 Å². The fourth-order valence-electron chi connectivity index (χ4n) is 3.73. The molecule has 0 saturated heterocycles. The van der Waals surface area contributed by atoms with Gasteiger partial charge in [0, 0.05) is 38.2 Å². The van der Waals surface area contributed by atoms with Crippen molar-refractivity contribution in [3.8, 4) is 0 Å². The number of guanidine groups is 1. The van der Waals surface area contributed by atoms with E-state index < -0.39 is 5.41 Å². The number of ether oxygens (including phenoxy) is 1. The van der Waals surface area contributed by atoms with Gasteiger partial charge in [-0.3, -0.25) is 9.79 Å². The average molecular weight is 355 g/mol. The second kappa shape index (κ2) is 9.41. The van der Waals surface area contributed by atoms with Gasteiger partial charge in [0.2, 0.25) is 5.91 Å². The molecule has 0 radical (unpaired) electrons. The summed E-state index contributed by atoms with van der Waals surface area (Å²) in [5, 5.41) is 9.76. The van der Waals surface area contributed by atoms with Crippen LogP contribution in [0.4, 0.5) is 0 Å². The number of nitrogens with zero attached hydrogens (tertiary/aromatic N) is 1. The minimum absolute atomic E-state index is 0.0504. The van der Waals surface area contributed by atoms with Crippen molar-refractivity contribution in [2.24, 2.45) is 15.8 Å². The van der Waals surface area contributed by atoms with Crippen LogP contribution in [-0.2, 0) is 9.53 Å². The molecule has 1 rings (SSSR count). The smallest absolute Gasteiger partial charge is 0.227 e. The molecule has 6 heteroatoms. The molecule has 1 aliphatic carbocycles. The first-order valence-corrected chi connectivity index (χ1v) is 9.68. The Labute approximate surface area is 153 Å². The third-order valence-corrected chi connectivity index (χ3v) is 5.65. The molecule has 25 heavy (non-hydrogen) atoms. The van der Waals surface area contributed by atoms with Crippen LogP contribution in [0.25, 0.3) is 0 Å². The number of amides is 1. The van der Waals surface area contributed by atoms with Gasteiger partial charge in [-0.15, -0.1) is 0 Å². The van der Waals surface area contributed by atoms with Crippen LogP contribution in [0.1, 0.15) is 60.8 Å². The van der Waals surface area contributed by atoms with Gasteiger partial charge in [-0.25, -0.2) is 0 Å². The van der Waals surface area contributed by atoms with Crippen LogP contribution < -0.4 is 16.0 Å². The topological polar surface area (TPSA) is 74.8 Å². The quantitative estimate of drug-likeness (QED) is 0.439. The lowest BCUT2D eigenvalue weighted by molar-refractivity contribution is -0.133. The van der Waals surface area contributed by atoms with Crippen molar-refractivity contribution in [3.05, 3.63) is 0 Å². The molecule has 0 aromatic carbocycles. The van der Waals surface area contributed by atoms with E-state index >= 15 is 0 Å². The molecule has 2 atom stereocenters. The molecule has 0 aromatic rings. The van der Waals surface area contributed by atoms with Crippen molar-refractivity contribution in [1.29, 1.82) is 0 Å². The van der Waals surface area contributed by atoms with Gasteiger partial charge in [-0.05, 0) is 47.0 Å². The van der Waals surface area contributed by atoms with E-state index in [1.807, 2.05) is 20.8 Å². The van der Waals surface area contributed by atoms with Crippen LogP contribution in [-0.4, -0.2) is 50.8 Å². The van der Waals surface area contributed by atoms with Crippen molar-refractivity contribution >= 4 is 11.9 Å². The SMILES string of the molecule is CCNC(=O)C(C)(C)CNC(=NC)NC1CC(OCC)C1(CC)CC. The average Bonchev–Trinajstić information content (AvgIpc) is 2.58.